The summed E-state index contributed by atoms with van der Waals surface area (Å²) in [4.78, 5) is 10.3. The van der Waals surface area contributed by atoms with Gasteiger partial charge in [0.15, 0.2) is 0 Å². The average molecular weight is 281 g/mol. The molecule has 0 amide bonds. The van der Waals surface area contributed by atoms with E-state index in [-0.39, 0.29) is 17.9 Å². The Morgan fingerprint density at radius 1 is 1.55 bits per heavy atom. The van der Waals surface area contributed by atoms with Gasteiger partial charge in [-0.15, -0.1) is 0 Å². The number of aliphatic hydroxyl groups is 1. The molecule has 2 unspecified atom stereocenters. The molecule has 1 aromatic rings. The molecule has 1 aromatic carbocycles. The number of benzene rings is 1. The van der Waals surface area contributed by atoms with Crippen molar-refractivity contribution >= 4 is 5.69 Å². The van der Waals surface area contributed by atoms with Gasteiger partial charge < -0.3 is 14.6 Å². The zero-order valence-corrected chi connectivity index (χ0v) is 11.6. The summed E-state index contributed by atoms with van der Waals surface area (Å²) in [6.45, 7) is 3.97. The van der Waals surface area contributed by atoms with Gasteiger partial charge in [-0.2, -0.15) is 0 Å². The van der Waals surface area contributed by atoms with Crippen molar-refractivity contribution in [3.05, 3.63) is 33.9 Å². The lowest BCUT2D eigenvalue weighted by Crippen LogP contribution is -2.18. The summed E-state index contributed by atoms with van der Waals surface area (Å²) in [6.07, 6.45) is 1.42. The fourth-order valence-electron chi connectivity index (χ4n) is 2.30. The molecule has 6 nitrogen and oxygen atoms in total. The topological polar surface area (TPSA) is 81.8 Å². The lowest BCUT2D eigenvalue weighted by atomic mass is 10.1. The minimum atomic E-state index is -0.826. The highest BCUT2D eigenvalue weighted by Gasteiger charge is 2.23. The Kier molecular flexibility index (Phi) is 4.57. The normalized spacial score (nSPS) is 23.6. The number of hydrogen-bond donors (Lipinski definition) is 1. The van der Waals surface area contributed by atoms with Crippen molar-refractivity contribution in [1.29, 1.82) is 0 Å². The van der Waals surface area contributed by atoms with Gasteiger partial charge in [0.25, 0.3) is 5.69 Å². The first-order valence-electron chi connectivity index (χ1n) is 6.72. The molecule has 3 atom stereocenters. The van der Waals surface area contributed by atoms with Crippen LogP contribution in [0.15, 0.2) is 18.2 Å². The highest BCUT2D eigenvalue weighted by atomic mass is 16.6. The Morgan fingerprint density at radius 2 is 2.30 bits per heavy atom. The molecule has 1 heterocycles. The van der Waals surface area contributed by atoms with Crippen LogP contribution in [0.5, 0.6) is 5.75 Å². The number of nitro groups is 1. The highest BCUT2D eigenvalue weighted by molar-refractivity contribution is 5.44. The monoisotopic (exact) mass is 281 g/mol. The second-order valence-electron chi connectivity index (χ2n) is 5.11. The van der Waals surface area contributed by atoms with Crippen LogP contribution in [0.3, 0.4) is 0 Å². The molecule has 1 aliphatic heterocycles. The van der Waals surface area contributed by atoms with Gasteiger partial charge in [0.05, 0.1) is 23.2 Å². The van der Waals surface area contributed by atoms with Crippen LogP contribution in [0.2, 0.25) is 0 Å². The molecule has 1 aliphatic rings. The van der Waals surface area contributed by atoms with Crippen LogP contribution in [0, 0.1) is 10.1 Å². The number of hydrogen-bond acceptors (Lipinski definition) is 5. The Morgan fingerprint density at radius 3 is 2.85 bits per heavy atom. The second-order valence-corrected chi connectivity index (χ2v) is 5.11. The summed E-state index contributed by atoms with van der Waals surface area (Å²) in [6, 6.07) is 4.25. The fourth-order valence-corrected chi connectivity index (χ4v) is 2.30. The van der Waals surface area contributed by atoms with Gasteiger partial charge in [-0.25, -0.2) is 0 Å². The maximum absolute atomic E-state index is 10.8. The Balaban J connectivity index is 2.08. The number of ether oxygens (including phenoxy) is 2. The SMILES string of the molecule is CC1CCC(COc2ccc([N+](=O)[O-])cc2[C@H](C)O)O1. The second kappa shape index (κ2) is 6.19. The molecular weight excluding hydrogens is 262 g/mol. The third-order valence-corrected chi connectivity index (χ3v) is 3.40. The largest absolute Gasteiger partial charge is 0.490 e. The van der Waals surface area contributed by atoms with E-state index >= 15 is 0 Å². The number of nitro benzene ring substituents is 1. The molecule has 0 bridgehead atoms. The third kappa shape index (κ3) is 3.46. The highest BCUT2D eigenvalue weighted by Crippen LogP contribution is 2.30. The lowest BCUT2D eigenvalue weighted by Gasteiger charge is -2.16. The van der Waals surface area contributed by atoms with Crippen molar-refractivity contribution in [1.82, 2.24) is 0 Å². The molecule has 0 saturated carbocycles. The molecule has 6 heteroatoms. The van der Waals surface area contributed by atoms with Crippen molar-refractivity contribution in [3.8, 4) is 5.75 Å². The molecule has 20 heavy (non-hydrogen) atoms. The molecule has 110 valence electrons. The van der Waals surface area contributed by atoms with Crippen LogP contribution in [-0.2, 0) is 4.74 Å². The van der Waals surface area contributed by atoms with Gasteiger partial charge in [0.2, 0.25) is 0 Å². The molecule has 0 spiro atoms. The van der Waals surface area contributed by atoms with Gasteiger partial charge in [0.1, 0.15) is 12.4 Å². The smallest absolute Gasteiger partial charge is 0.270 e. The van der Waals surface area contributed by atoms with E-state index in [9.17, 15) is 15.2 Å². The molecule has 0 aromatic heterocycles. The van der Waals surface area contributed by atoms with E-state index in [1.807, 2.05) is 6.92 Å². The first kappa shape index (κ1) is 14.7. The van der Waals surface area contributed by atoms with Crippen molar-refractivity contribution in [3.63, 3.8) is 0 Å². The Bertz CT molecular complexity index is 488. The molecule has 0 radical (unpaired) electrons. The van der Waals surface area contributed by atoms with E-state index in [1.54, 1.807) is 6.92 Å². The molecule has 2 rings (SSSR count). The van der Waals surface area contributed by atoms with E-state index in [4.69, 9.17) is 9.47 Å². The summed E-state index contributed by atoms with van der Waals surface area (Å²) >= 11 is 0. The number of nitrogens with zero attached hydrogens (tertiary/aromatic N) is 1. The predicted octanol–water partition coefficient (Wildman–Crippen LogP) is 2.59. The zero-order chi connectivity index (χ0) is 14.7. The number of aliphatic hydroxyl groups excluding tert-OH is 1. The maximum Gasteiger partial charge on any atom is 0.270 e. The molecule has 0 aliphatic carbocycles. The van der Waals surface area contributed by atoms with Gasteiger partial charge in [-0.1, -0.05) is 0 Å². The first-order chi connectivity index (χ1) is 9.47. The van der Waals surface area contributed by atoms with Crippen LogP contribution in [0.1, 0.15) is 38.4 Å². The van der Waals surface area contributed by atoms with E-state index in [2.05, 4.69) is 0 Å². The average Bonchev–Trinajstić information content (AvgIpc) is 2.81. The quantitative estimate of drug-likeness (QED) is 0.662. The minimum Gasteiger partial charge on any atom is -0.490 e. The van der Waals surface area contributed by atoms with Crippen molar-refractivity contribution in [2.75, 3.05) is 6.61 Å². The van der Waals surface area contributed by atoms with E-state index < -0.39 is 11.0 Å². The first-order valence-corrected chi connectivity index (χ1v) is 6.72. The van der Waals surface area contributed by atoms with E-state index in [1.165, 1.54) is 18.2 Å². The summed E-state index contributed by atoms with van der Waals surface area (Å²) in [7, 11) is 0. The van der Waals surface area contributed by atoms with Crippen molar-refractivity contribution in [2.24, 2.45) is 0 Å². The number of non-ortho nitro benzene ring substituents is 1. The zero-order valence-electron chi connectivity index (χ0n) is 11.6. The molecule has 1 saturated heterocycles. The van der Waals surface area contributed by atoms with Crippen molar-refractivity contribution < 1.29 is 19.5 Å². The number of rotatable bonds is 5. The van der Waals surface area contributed by atoms with Crippen LogP contribution in [0.4, 0.5) is 5.69 Å². The Labute approximate surface area is 117 Å². The summed E-state index contributed by atoms with van der Waals surface area (Å²) in [5, 5.41) is 20.5. The summed E-state index contributed by atoms with van der Waals surface area (Å²) in [5.41, 5.74) is 0.365. The molecular formula is C14H19NO5. The summed E-state index contributed by atoms with van der Waals surface area (Å²) in [5.74, 6) is 0.466. The van der Waals surface area contributed by atoms with Crippen molar-refractivity contribution in [2.45, 2.75) is 45.0 Å². The Hall–Kier alpha value is -1.66. The maximum atomic E-state index is 10.8. The third-order valence-electron chi connectivity index (χ3n) is 3.40. The fraction of sp³-hybridized carbons (Fsp3) is 0.571. The molecule has 1 N–H and O–H groups in total. The van der Waals surface area contributed by atoms with Crippen LogP contribution in [0.25, 0.3) is 0 Å². The summed E-state index contributed by atoms with van der Waals surface area (Å²) < 4.78 is 11.3. The lowest BCUT2D eigenvalue weighted by molar-refractivity contribution is -0.385. The van der Waals surface area contributed by atoms with Crippen LogP contribution in [-0.4, -0.2) is 28.8 Å². The van der Waals surface area contributed by atoms with E-state index in [0.717, 1.165) is 12.8 Å². The molecule has 1 fully saturated rings. The van der Waals surface area contributed by atoms with Gasteiger partial charge in [-0.05, 0) is 32.8 Å². The van der Waals surface area contributed by atoms with Crippen LogP contribution < -0.4 is 4.74 Å². The van der Waals surface area contributed by atoms with Gasteiger partial charge in [-0.3, -0.25) is 10.1 Å². The minimum absolute atomic E-state index is 0.0436. The van der Waals surface area contributed by atoms with Crippen LogP contribution >= 0.6 is 0 Å². The standard InChI is InChI=1S/C14H19NO5/c1-9-3-5-12(20-9)8-19-14-6-4-11(15(17)18)7-13(14)10(2)16/h4,6-7,9-10,12,16H,3,5,8H2,1-2H3/t9?,10-,12?/m0/s1. The van der Waals surface area contributed by atoms with Gasteiger partial charge >= 0.3 is 0 Å². The predicted molar refractivity (Wildman–Crippen MR) is 72.8 cm³/mol. The van der Waals surface area contributed by atoms with Gasteiger partial charge in [0, 0.05) is 17.7 Å². The van der Waals surface area contributed by atoms with E-state index in [0.29, 0.717) is 17.9 Å².